The lowest BCUT2D eigenvalue weighted by atomic mass is 10.1. The predicted octanol–water partition coefficient (Wildman–Crippen LogP) is 5.78. The van der Waals surface area contributed by atoms with Crippen molar-refractivity contribution in [3.8, 4) is 11.5 Å². The van der Waals surface area contributed by atoms with E-state index in [0.717, 1.165) is 9.13 Å². The standard InChI is InChI=1S/C24H16ClIN2O6/c1-32-22-11-14(5-8-21(22)33-13-15-3-2-4-16(26)9-15)10-20-24(29)34-23(27-20)18-12-17(28(30)31)6-7-19(18)25/h2-12H,13H2,1H3/b20-10-. The second-order valence-electron chi connectivity index (χ2n) is 7.09. The Morgan fingerprint density at radius 1 is 1.15 bits per heavy atom. The molecule has 0 amide bonds. The van der Waals surface area contributed by atoms with Crippen molar-refractivity contribution < 1.29 is 23.9 Å². The second kappa shape index (κ2) is 10.2. The fourth-order valence-corrected chi connectivity index (χ4v) is 3.96. The van der Waals surface area contributed by atoms with Crippen LogP contribution in [0.25, 0.3) is 6.08 Å². The molecule has 8 nitrogen and oxygen atoms in total. The Labute approximate surface area is 213 Å². The highest BCUT2D eigenvalue weighted by Crippen LogP contribution is 2.31. The highest BCUT2D eigenvalue weighted by Gasteiger charge is 2.27. The molecule has 1 aliphatic heterocycles. The number of rotatable bonds is 7. The van der Waals surface area contributed by atoms with Crippen LogP contribution in [0.2, 0.25) is 5.02 Å². The second-order valence-corrected chi connectivity index (χ2v) is 8.74. The zero-order chi connectivity index (χ0) is 24.2. The number of nitrogens with zero attached hydrogens (tertiary/aromatic N) is 2. The normalized spacial score (nSPS) is 14.0. The fourth-order valence-electron chi connectivity index (χ4n) is 3.15. The van der Waals surface area contributed by atoms with Crippen LogP contribution in [-0.4, -0.2) is 23.9 Å². The summed E-state index contributed by atoms with van der Waals surface area (Å²) < 4.78 is 17.7. The van der Waals surface area contributed by atoms with Gasteiger partial charge in [0.2, 0.25) is 5.90 Å². The molecule has 1 aliphatic rings. The Morgan fingerprint density at radius 2 is 1.97 bits per heavy atom. The zero-order valence-corrected chi connectivity index (χ0v) is 20.6. The molecule has 3 aromatic carbocycles. The van der Waals surface area contributed by atoms with Crippen LogP contribution in [-0.2, 0) is 16.1 Å². The summed E-state index contributed by atoms with van der Waals surface area (Å²) in [4.78, 5) is 27.0. The fraction of sp³-hybridized carbons (Fsp3) is 0.0833. The number of non-ortho nitro benzene ring substituents is 1. The number of ether oxygens (including phenoxy) is 3. The number of carbonyl (C=O) groups excluding carboxylic acids is 1. The van der Waals surface area contributed by atoms with Gasteiger partial charge in [-0.15, -0.1) is 0 Å². The topological polar surface area (TPSA) is 100 Å². The maximum Gasteiger partial charge on any atom is 0.363 e. The molecule has 172 valence electrons. The molecule has 0 fully saturated rings. The van der Waals surface area contributed by atoms with Crippen LogP contribution >= 0.6 is 34.2 Å². The maximum absolute atomic E-state index is 12.4. The van der Waals surface area contributed by atoms with E-state index in [1.165, 1.54) is 31.4 Å². The highest BCUT2D eigenvalue weighted by atomic mass is 127. The van der Waals surface area contributed by atoms with Gasteiger partial charge in [0.05, 0.1) is 22.6 Å². The van der Waals surface area contributed by atoms with E-state index >= 15 is 0 Å². The first kappa shape index (κ1) is 23.7. The van der Waals surface area contributed by atoms with Crippen LogP contribution in [0, 0.1) is 13.7 Å². The lowest BCUT2D eigenvalue weighted by Gasteiger charge is -2.11. The van der Waals surface area contributed by atoms with E-state index in [4.69, 9.17) is 25.8 Å². The number of hydrogen-bond donors (Lipinski definition) is 0. The third-order valence-corrected chi connectivity index (χ3v) is 5.79. The first-order valence-electron chi connectivity index (χ1n) is 9.86. The minimum absolute atomic E-state index is 0.0205. The molecule has 1 heterocycles. The number of nitro groups is 1. The van der Waals surface area contributed by atoms with Crippen molar-refractivity contribution in [1.29, 1.82) is 0 Å². The number of methoxy groups -OCH3 is 1. The molecular weight excluding hydrogens is 575 g/mol. The number of aliphatic imine (C=N–C) groups is 1. The van der Waals surface area contributed by atoms with Gasteiger partial charge in [0.1, 0.15) is 6.61 Å². The molecule has 0 saturated heterocycles. The van der Waals surface area contributed by atoms with Crippen molar-refractivity contribution in [2.75, 3.05) is 7.11 Å². The van der Waals surface area contributed by atoms with E-state index in [-0.39, 0.29) is 27.9 Å². The average molecular weight is 591 g/mol. The summed E-state index contributed by atoms with van der Waals surface area (Å²) in [6, 6.07) is 17.0. The molecule has 34 heavy (non-hydrogen) atoms. The van der Waals surface area contributed by atoms with E-state index in [0.29, 0.717) is 23.7 Å². The molecule has 0 N–H and O–H groups in total. The summed E-state index contributed by atoms with van der Waals surface area (Å²) >= 11 is 8.37. The predicted molar refractivity (Wildman–Crippen MR) is 135 cm³/mol. The molecule has 0 unspecified atom stereocenters. The van der Waals surface area contributed by atoms with Crippen molar-refractivity contribution in [3.63, 3.8) is 0 Å². The first-order valence-corrected chi connectivity index (χ1v) is 11.3. The van der Waals surface area contributed by atoms with Gasteiger partial charge in [-0.1, -0.05) is 29.8 Å². The number of nitro benzene ring substituents is 1. The lowest BCUT2D eigenvalue weighted by molar-refractivity contribution is -0.384. The number of hydrogen-bond acceptors (Lipinski definition) is 7. The Bertz CT molecular complexity index is 1360. The van der Waals surface area contributed by atoms with Crippen LogP contribution in [0.4, 0.5) is 5.69 Å². The Hall–Kier alpha value is -3.44. The highest BCUT2D eigenvalue weighted by molar-refractivity contribution is 14.1. The third-order valence-electron chi connectivity index (χ3n) is 4.79. The van der Waals surface area contributed by atoms with Gasteiger partial charge in [0, 0.05) is 15.7 Å². The number of halogens is 2. The van der Waals surface area contributed by atoms with Crippen LogP contribution in [0.15, 0.2) is 71.4 Å². The molecular formula is C24H16ClIN2O6. The van der Waals surface area contributed by atoms with Gasteiger partial charge in [-0.25, -0.2) is 9.79 Å². The molecule has 0 radical (unpaired) electrons. The average Bonchev–Trinajstić information content (AvgIpc) is 3.18. The van der Waals surface area contributed by atoms with E-state index in [1.54, 1.807) is 18.2 Å². The van der Waals surface area contributed by atoms with Gasteiger partial charge in [-0.05, 0) is 70.1 Å². The van der Waals surface area contributed by atoms with Crippen molar-refractivity contribution in [2.45, 2.75) is 6.61 Å². The number of benzene rings is 3. The molecule has 0 bridgehead atoms. The molecule has 10 heteroatoms. The van der Waals surface area contributed by atoms with Gasteiger partial charge in [0.15, 0.2) is 17.2 Å². The van der Waals surface area contributed by atoms with Crippen molar-refractivity contribution in [1.82, 2.24) is 0 Å². The van der Waals surface area contributed by atoms with Gasteiger partial charge >= 0.3 is 5.97 Å². The number of carbonyl (C=O) groups is 1. The van der Waals surface area contributed by atoms with Crippen molar-refractivity contribution in [3.05, 3.63) is 102 Å². The van der Waals surface area contributed by atoms with Crippen LogP contribution in [0.5, 0.6) is 11.5 Å². The van der Waals surface area contributed by atoms with E-state index in [1.807, 2.05) is 24.3 Å². The van der Waals surface area contributed by atoms with Gasteiger partial charge in [-0.2, -0.15) is 0 Å². The summed E-state index contributed by atoms with van der Waals surface area (Å²) in [5.41, 5.74) is 1.63. The molecule has 4 rings (SSSR count). The molecule has 3 aromatic rings. The van der Waals surface area contributed by atoms with Crippen molar-refractivity contribution in [2.24, 2.45) is 4.99 Å². The monoisotopic (exact) mass is 590 g/mol. The smallest absolute Gasteiger partial charge is 0.363 e. The number of cyclic esters (lactones) is 1. The minimum Gasteiger partial charge on any atom is -0.493 e. The third kappa shape index (κ3) is 5.37. The quantitative estimate of drug-likeness (QED) is 0.114. The zero-order valence-electron chi connectivity index (χ0n) is 17.7. The maximum atomic E-state index is 12.4. The summed E-state index contributed by atoms with van der Waals surface area (Å²) in [5.74, 6) is 0.229. The molecule has 0 saturated carbocycles. The molecule has 0 aromatic heterocycles. The molecule has 0 atom stereocenters. The number of esters is 1. The van der Waals surface area contributed by atoms with E-state index in [9.17, 15) is 14.9 Å². The lowest BCUT2D eigenvalue weighted by Crippen LogP contribution is -2.06. The van der Waals surface area contributed by atoms with E-state index in [2.05, 4.69) is 27.6 Å². The summed E-state index contributed by atoms with van der Waals surface area (Å²) in [6.07, 6.45) is 1.52. The largest absolute Gasteiger partial charge is 0.493 e. The molecule has 0 spiro atoms. The van der Waals surface area contributed by atoms with Crippen LogP contribution in [0.1, 0.15) is 16.7 Å². The van der Waals surface area contributed by atoms with Crippen molar-refractivity contribution >= 4 is 57.8 Å². The summed E-state index contributed by atoms with van der Waals surface area (Å²) in [5, 5.41) is 11.2. The Kier molecular flexibility index (Phi) is 7.13. The van der Waals surface area contributed by atoms with Crippen LogP contribution in [0.3, 0.4) is 0 Å². The van der Waals surface area contributed by atoms with Crippen LogP contribution < -0.4 is 9.47 Å². The molecule has 0 aliphatic carbocycles. The van der Waals surface area contributed by atoms with E-state index < -0.39 is 10.9 Å². The minimum atomic E-state index is -0.699. The Morgan fingerprint density at radius 3 is 2.71 bits per heavy atom. The van der Waals surface area contributed by atoms with Gasteiger partial charge < -0.3 is 14.2 Å². The SMILES string of the molecule is COc1cc(/C=C2\N=C(c3cc([N+](=O)[O-])ccc3Cl)OC2=O)ccc1OCc1cccc(I)c1. The van der Waals surface area contributed by atoms with Gasteiger partial charge in [-0.3, -0.25) is 10.1 Å². The summed E-state index contributed by atoms with van der Waals surface area (Å²) in [7, 11) is 1.52. The Balaban J connectivity index is 1.57. The summed E-state index contributed by atoms with van der Waals surface area (Å²) in [6.45, 7) is 0.373. The first-order chi connectivity index (χ1) is 16.3. The van der Waals surface area contributed by atoms with Gasteiger partial charge in [0.25, 0.3) is 5.69 Å².